The molecule has 0 atom stereocenters. The van der Waals surface area contributed by atoms with Crippen molar-refractivity contribution < 1.29 is 28.6 Å². The van der Waals surface area contributed by atoms with Gasteiger partial charge in [-0.1, -0.05) is 0 Å². The summed E-state index contributed by atoms with van der Waals surface area (Å²) in [6, 6.07) is 0. The van der Waals surface area contributed by atoms with Crippen LogP contribution >= 0.6 is 15.9 Å². The molecule has 0 fully saturated rings. The standard InChI is InChI=1S/C11H11BrO6/c1-3-16-10(14)8(11(15)17-4-2)9-6(12)5-7(13)18-9/h5H,3-4H2,1-2H3. The summed E-state index contributed by atoms with van der Waals surface area (Å²) >= 11 is 3.03. The maximum Gasteiger partial charge on any atom is 0.349 e. The summed E-state index contributed by atoms with van der Waals surface area (Å²) in [4.78, 5) is 34.4. The quantitative estimate of drug-likeness (QED) is 0.255. The van der Waals surface area contributed by atoms with Crippen molar-refractivity contribution in [1.82, 2.24) is 0 Å². The fourth-order valence-electron chi connectivity index (χ4n) is 1.19. The number of carbonyl (C=O) groups is 3. The minimum Gasteiger partial charge on any atom is -0.462 e. The molecule has 0 amide bonds. The Hall–Kier alpha value is -1.63. The molecule has 1 aliphatic heterocycles. The highest BCUT2D eigenvalue weighted by molar-refractivity contribution is 9.12. The van der Waals surface area contributed by atoms with Gasteiger partial charge in [0.25, 0.3) is 0 Å². The van der Waals surface area contributed by atoms with Crippen molar-refractivity contribution in [1.29, 1.82) is 0 Å². The lowest BCUT2D eigenvalue weighted by atomic mass is 10.2. The highest BCUT2D eigenvalue weighted by Gasteiger charge is 2.32. The number of esters is 3. The first kappa shape index (κ1) is 14.4. The summed E-state index contributed by atoms with van der Waals surface area (Å²) in [6.07, 6.45) is 1.10. The summed E-state index contributed by atoms with van der Waals surface area (Å²) in [5.41, 5.74) is -0.437. The minimum absolute atomic E-state index is 0.0876. The third-order valence-corrected chi connectivity index (χ3v) is 2.44. The van der Waals surface area contributed by atoms with Gasteiger partial charge in [-0.15, -0.1) is 0 Å². The van der Waals surface area contributed by atoms with E-state index in [2.05, 4.69) is 15.9 Å². The van der Waals surface area contributed by atoms with Crippen LogP contribution in [0.5, 0.6) is 0 Å². The van der Waals surface area contributed by atoms with Crippen LogP contribution in [0.1, 0.15) is 13.8 Å². The van der Waals surface area contributed by atoms with Gasteiger partial charge in [0.05, 0.1) is 17.7 Å². The van der Waals surface area contributed by atoms with Crippen LogP contribution in [0.4, 0.5) is 0 Å². The molecule has 0 aliphatic carbocycles. The predicted octanol–water partition coefficient (Wildman–Crippen LogP) is 1.20. The number of cyclic esters (lactones) is 1. The van der Waals surface area contributed by atoms with Crippen molar-refractivity contribution in [3.63, 3.8) is 0 Å². The Kier molecular flexibility index (Phi) is 5.08. The Labute approximate surface area is 112 Å². The van der Waals surface area contributed by atoms with E-state index in [1.54, 1.807) is 13.8 Å². The molecule has 0 bridgehead atoms. The SMILES string of the molecule is CCOC(=O)C(C(=O)OCC)=C1OC(=O)C=C1Br. The Balaban J connectivity index is 3.16. The van der Waals surface area contributed by atoms with Gasteiger partial charge < -0.3 is 14.2 Å². The first-order chi connectivity index (χ1) is 8.51. The zero-order chi connectivity index (χ0) is 13.7. The van der Waals surface area contributed by atoms with Crippen LogP contribution < -0.4 is 0 Å². The van der Waals surface area contributed by atoms with Gasteiger partial charge in [0.2, 0.25) is 0 Å². The minimum atomic E-state index is -0.897. The van der Waals surface area contributed by atoms with E-state index in [9.17, 15) is 14.4 Å². The third kappa shape index (κ3) is 3.19. The van der Waals surface area contributed by atoms with E-state index in [0.717, 1.165) is 6.08 Å². The Bertz CT molecular complexity index is 428. The molecule has 0 aromatic rings. The molecule has 18 heavy (non-hydrogen) atoms. The maximum absolute atomic E-state index is 11.7. The van der Waals surface area contributed by atoms with Gasteiger partial charge in [-0.2, -0.15) is 0 Å². The second-order valence-corrected chi connectivity index (χ2v) is 3.91. The number of allylic oxidation sites excluding steroid dienone is 1. The number of halogens is 1. The molecule has 0 aromatic carbocycles. The number of ether oxygens (including phenoxy) is 3. The second-order valence-electron chi connectivity index (χ2n) is 3.06. The number of hydrogen-bond donors (Lipinski definition) is 0. The molecular weight excluding hydrogens is 308 g/mol. The zero-order valence-corrected chi connectivity index (χ0v) is 11.4. The van der Waals surface area contributed by atoms with E-state index in [-0.39, 0.29) is 23.5 Å². The van der Waals surface area contributed by atoms with Crippen molar-refractivity contribution in [3.8, 4) is 0 Å². The first-order valence-corrected chi connectivity index (χ1v) is 5.98. The van der Waals surface area contributed by atoms with Crippen molar-refractivity contribution in [3.05, 3.63) is 21.9 Å². The van der Waals surface area contributed by atoms with Crippen LogP contribution in [0.3, 0.4) is 0 Å². The third-order valence-electron chi connectivity index (χ3n) is 1.85. The molecule has 0 spiro atoms. The molecule has 0 unspecified atom stereocenters. The second kappa shape index (κ2) is 6.34. The number of carbonyl (C=O) groups excluding carboxylic acids is 3. The topological polar surface area (TPSA) is 78.9 Å². The maximum atomic E-state index is 11.7. The normalized spacial score (nSPS) is 13.8. The average molecular weight is 319 g/mol. The van der Waals surface area contributed by atoms with Crippen LogP contribution in [0.2, 0.25) is 0 Å². The van der Waals surface area contributed by atoms with Crippen molar-refractivity contribution in [2.24, 2.45) is 0 Å². The molecule has 6 nitrogen and oxygen atoms in total. The van der Waals surface area contributed by atoms with Crippen LogP contribution in [0.15, 0.2) is 21.9 Å². The summed E-state index contributed by atoms with van der Waals surface area (Å²) in [5.74, 6) is -2.66. The smallest absolute Gasteiger partial charge is 0.349 e. The first-order valence-electron chi connectivity index (χ1n) is 5.19. The number of hydrogen-bond acceptors (Lipinski definition) is 6. The van der Waals surface area contributed by atoms with Crippen molar-refractivity contribution in [2.45, 2.75) is 13.8 Å². The van der Waals surface area contributed by atoms with Gasteiger partial charge in [-0.25, -0.2) is 14.4 Å². The molecule has 1 heterocycles. The van der Waals surface area contributed by atoms with Crippen LogP contribution in [0, 0.1) is 0 Å². The van der Waals surface area contributed by atoms with E-state index < -0.39 is 23.5 Å². The molecule has 0 aromatic heterocycles. The van der Waals surface area contributed by atoms with Gasteiger partial charge in [0, 0.05) is 6.08 Å². The predicted molar refractivity (Wildman–Crippen MR) is 63.4 cm³/mol. The fraction of sp³-hybridized carbons (Fsp3) is 0.364. The summed E-state index contributed by atoms with van der Waals surface area (Å²) in [7, 11) is 0. The van der Waals surface area contributed by atoms with E-state index in [1.807, 2.05) is 0 Å². The van der Waals surface area contributed by atoms with Crippen LogP contribution in [0.25, 0.3) is 0 Å². The van der Waals surface area contributed by atoms with Gasteiger partial charge in [0.15, 0.2) is 11.3 Å². The van der Waals surface area contributed by atoms with Crippen molar-refractivity contribution in [2.75, 3.05) is 13.2 Å². The van der Waals surface area contributed by atoms with Crippen LogP contribution in [-0.4, -0.2) is 31.1 Å². The van der Waals surface area contributed by atoms with Gasteiger partial charge in [-0.3, -0.25) is 0 Å². The lowest BCUT2D eigenvalue weighted by Gasteiger charge is -2.09. The van der Waals surface area contributed by atoms with Crippen molar-refractivity contribution >= 4 is 33.8 Å². The molecule has 1 rings (SSSR count). The van der Waals surface area contributed by atoms with Crippen LogP contribution in [-0.2, 0) is 28.6 Å². The molecule has 0 saturated carbocycles. The van der Waals surface area contributed by atoms with E-state index in [0.29, 0.717) is 0 Å². The molecular formula is C11H11BrO6. The molecule has 1 aliphatic rings. The Morgan fingerprint density at radius 2 is 1.72 bits per heavy atom. The van der Waals surface area contributed by atoms with E-state index in [1.165, 1.54) is 0 Å². The zero-order valence-electron chi connectivity index (χ0n) is 9.82. The largest absolute Gasteiger partial charge is 0.462 e. The molecule has 0 N–H and O–H groups in total. The summed E-state index contributed by atoms with van der Waals surface area (Å²) in [5, 5.41) is 0. The van der Waals surface area contributed by atoms with Gasteiger partial charge in [0.1, 0.15) is 0 Å². The van der Waals surface area contributed by atoms with E-state index >= 15 is 0 Å². The van der Waals surface area contributed by atoms with E-state index in [4.69, 9.17) is 14.2 Å². The van der Waals surface area contributed by atoms with Gasteiger partial charge >= 0.3 is 17.9 Å². The lowest BCUT2D eigenvalue weighted by molar-refractivity contribution is -0.147. The fourth-order valence-corrected chi connectivity index (χ4v) is 1.66. The molecule has 0 radical (unpaired) electrons. The monoisotopic (exact) mass is 318 g/mol. The molecule has 98 valence electrons. The Morgan fingerprint density at radius 3 is 2.06 bits per heavy atom. The number of rotatable bonds is 4. The summed E-state index contributed by atoms with van der Waals surface area (Å²) < 4.78 is 14.4. The summed E-state index contributed by atoms with van der Waals surface area (Å²) in [6.45, 7) is 3.36. The highest BCUT2D eigenvalue weighted by Crippen LogP contribution is 2.29. The molecule has 7 heteroatoms. The van der Waals surface area contributed by atoms with Gasteiger partial charge in [-0.05, 0) is 29.8 Å². The molecule has 0 saturated heterocycles. The average Bonchev–Trinajstić information content (AvgIpc) is 2.59. The lowest BCUT2D eigenvalue weighted by Crippen LogP contribution is -2.21. The Morgan fingerprint density at radius 1 is 1.22 bits per heavy atom. The highest BCUT2D eigenvalue weighted by atomic mass is 79.9.